The average molecular weight is 303 g/mol. The smallest absolute Gasteiger partial charge is 0.416 e. The van der Waals surface area contributed by atoms with E-state index in [4.69, 9.17) is 5.11 Å². The van der Waals surface area contributed by atoms with E-state index in [1.807, 2.05) is 13.8 Å². The summed E-state index contributed by atoms with van der Waals surface area (Å²) in [4.78, 5) is 10.8. The molecule has 21 heavy (non-hydrogen) atoms. The predicted molar refractivity (Wildman–Crippen MR) is 75.1 cm³/mol. The summed E-state index contributed by atoms with van der Waals surface area (Å²) in [6.45, 7) is 4.44. The Morgan fingerprint density at radius 1 is 1.24 bits per heavy atom. The van der Waals surface area contributed by atoms with Crippen LogP contribution in [0.15, 0.2) is 24.3 Å². The van der Waals surface area contributed by atoms with Crippen molar-refractivity contribution in [3.63, 3.8) is 0 Å². The van der Waals surface area contributed by atoms with E-state index < -0.39 is 17.7 Å². The van der Waals surface area contributed by atoms with Gasteiger partial charge < -0.3 is 10.4 Å². The molecule has 1 atom stereocenters. The lowest BCUT2D eigenvalue weighted by Gasteiger charge is -2.18. The van der Waals surface area contributed by atoms with Crippen molar-refractivity contribution >= 4 is 11.7 Å². The molecule has 1 aromatic rings. The molecule has 0 aliphatic carbocycles. The topological polar surface area (TPSA) is 49.3 Å². The highest BCUT2D eigenvalue weighted by Crippen LogP contribution is 2.30. The van der Waals surface area contributed by atoms with Crippen LogP contribution in [0.4, 0.5) is 18.9 Å². The number of benzene rings is 1. The molecule has 0 fully saturated rings. The SMILES string of the molecule is CC(C)CC(CNc1ccc(C(F)(F)F)cc1)CC(=O)O. The van der Waals surface area contributed by atoms with Crippen molar-refractivity contribution in [2.45, 2.75) is 32.9 Å². The number of nitrogens with one attached hydrogen (secondary N) is 1. The molecular formula is C15H20F3NO2. The van der Waals surface area contributed by atoms with Gasteiger partial charge in [-0.2, -0.15) is 13.2 Å². The van der Waals surface area contributed by atoms with Gasteiger partial charge in [0, 0.05) is 18.7 Å². The van der Waals surface area contributed by atoms with Crippen LogP contribution in [0.3, 0.4) is 0 Å². The zero-order chi connectivity index (χ0) is 16.0. The van der Waals surface area contributed by atoms with E-state index >= 15 is 0 Å². The van der Waals surface area contributed by atoms with Crippen LogP contribution in [0.25, 0.3) is 0 Å². The van der Waals surface area contributed by atoms with Crippen LogP contribution in [-0.2, 0) is 11.0 Å². The highest BCUT2D eigenvalue weighted by Gasteiger charge is 2.29. The number of anilines is 1. The van der Waals surface area contributed by atoms with Gasteiger partial charge in [0.05, 0.1) is 5.56 Å². The zero-order valence-corrected chi connectivity index (χ0v) is 12.1. The van der Waals surface area contributed by atoms with E-state index in [9.17, 15) is 18.0 Å². The van der Waals surface area contributed by atoms with Gasteiger partial charge in [-0.15, -0.1) is 0 Å². The molecule has 0 aliphatic rings. The highest BCUT2D eigenvalue weighted by atomic mass is 19.4. The summed E-state index contributed by atoms with van der Waals surface area (Å²) < 4.78 is 37.3. The van der Waals surface area contributed by atoms with Gasteiger partial charge in [-0.05, 0) is 42.5 Å². The molecule has 3 nitrogen and oxygen atoms in total. The van der Waals surface area contributed by atoms with Crippen LogP contribution >= 0.6 is 0 Å². The van der Waals surface area contributed by atoms with Crippen molar-refractivity contribution in [3.8, 4) is 0 Å². The molecule has 0 radical (unpaired) electrons. The van der Waals surface area contributed by atoms with Gasteiger partial charge in [-0.1, -0.05) is 13.8 Å². The van der Waals surface area contributed by atoms with Crippen LogP contribution in [0.5, 0.6) is 0 Å². The predicted octanol–water partition coefficient (Wildman–Crippen LogP) is 4.25. The number of hydrogen-bond acceptors (Lipinski definition) is 2. The molecule has 0 spiro atoms. The zero-order valence-electron chi connectivity index (χ0n) is 12.1. The van der Waals surface area contributed by atoms with Gasteiger partial charge >= 0.3 is 12.1 Å². The minimum atomic E-state index is -4.35. The van der Waals surface area contributed by atoms with Crippen molar-refractivity contribution in [1.29, 1.82) is 0 Å². The maximum Gasteiger partial charge on any atom is 0.416 e. The molecule has 1 unspecified atom stereocenters. The van der Waals surface area contributed by atoms with Gasteiger partial charge in [0.15, 0.2) is 0 Å². The van der Waals surface area contributed by atoms with E-state index in [-0.39, 0.29) is 12.3 Å². The number of carboxylic acids is 1. The fourth-order valence-corrected chi connectivity index (χ4v) is 2.19. The van der Waals surface area contributed by atoms with Gasteiger partial charge in [0.1, 0.15) is 0 Å². The Labute approximate surface area is 122 Å². The molecule has 0 amide bonds. The first-order valence-corrected chi connectivity index (χ1v) is 6.81. The van der Waals surface area contributed by atoms with E-state index in [1.165, 1.54) is 12.1 Å². The Bertz CT molecular complexity index is 455. The Hall–Kier alpha value is -1.72. The van der Waals surface area contributed by atoms with Crippen molar-refractivity contribution in [2.24, 2.45) is 11.8 Å². The minimum Gasteiger partial charge on any atom is -0.481 e. The van der Waals surface area contributed by atoms with Crippen LogP contribution in [0.2, 0.25) is 0 Å². The van der Waals surface area contributed by atoms with Crippen molar-refractivity contribution < 1.29 is 23.1 Å². The maximum absolute atomic E-state index is 12.4. The van der Waals surface area contributed by atoms with E-state index in [1.54, 1.807) is 0 Å². The number of aliphatic carboxylic acids is 1. The molecule has 0 saturated carbocycles. The summed E-state index contributed by atoms with van der Waals surface area (Å²) in [5.41, 5.74) is -0.139. The molecule has 0 bridgehead atoms. The number of alkyl halides is 3. The summed E-state index contributed by atoms with van der Waals surface area (Å²) in [6.07, 6.45) is -3.55. The first-order valence-electron chi connectivity index (χ1n) is 6.81. The van der Waals surface area contributed by atoms with Crippen LogP contribution in [0, 0.1) is 11.8 Å². The monoisotopic (exact) mass is 303 g/mol. The Morgan fingerprint density at radius 2 is 1.81 bits per heavy atom. The van der Waals surface area contributed by atoms with Crippen molar-refractivity contribution in [2.75, 3.05) is 11.9 Å². The number of hydrogen-bond donors (Lipinski definition) is 2. The molecule has 1 rings (SSSR count). The summed E-state index contributed by atoms with van der Waals surface area (Å²) in [5.74, 6) is -0.552. The molecule has 2 N–H and O–H groups in total. The van der Waals surface area contributed by atoms with E-state index in [0.29, 0.717) is 18.2 Å². The second kappa shape index (κ2) is 7.33. The quantitative estimate of drug-likeness (QED) is 0.791. The number of carboxylic acid groups (broad SMARTS) is 1. The molecule has 118 valence electrons. The Balaban J connectivity index is 2.61. The fraction of sp³-hybridized carbons (Fsp3) is 0.533. The van der Waals surface area contributed by atoms with Crippen molar-refractivity contribution in [3.05, 3.63) is 29.8 Å². The standard InChI is InChI=1S/C15H20F3NO2/c1-10(2)7-11(8-14(20)21)9-19-13-5-3-12(4-6-13)15(16,17)18/h3-6,10-11,19H,7-9H2,1-2H3,(H,20,21). The van der Waals surface area contributed by atoms with Crippen LogP contribution < -0.4 is 5.32 Å². The highest BCUT2D eigenvalue weighted by molar-refractivity contribution is 5.67. The molecular weight excluding hydrogens is 283 g/mol. The first-order chi connectivity index (χ1) is 9.68. The van der Waals surface area contributed by atoms with Crippen LogP contribution in [0.1, 0.15) is 32.3 Å². The van der Waals surface area contributed by atoms with Gasteiger partial charge in [0.2, 0.25) is 0 Å². The summed E-state index contributed by atoms with van der Waals surface area (Å²) in [5, 5.41) is 11.9. The Morgan fingerprint density at radius 3 is 2.24 bits per heavy atom. The molecule has 1 aromatic carbocycles. The third-order valence-corrected chi connectivity index (χ3v) is 3.08. The first kappa shape index (κ1) is 17.3. The molecule has 0 saturated heterocycles. The minimum absolute atomic E-state index is 0.0474. The largest absolute Gasteiger partial charge is 0.481 e. The van der Waals surface area contributed by atoms with Gasteiger partial charge in [-0.3, -0.25) is 4.79 Å². The summed E-state index contributed by atoms with van der Waals surface area (Å²) in [7, 11) is 0. The second-order valence-corrected chi connectivity index (χ2v) is 5.55. The number of carbonyl (C=O) groups is 1. The normalized spacial score (nSPS) is 13.2. The molecule has 0 heterocycles. The van der Waals surface area contributed by atoms with Crippen LogP contribution in [-0.4, -0.2) is 17.6 Å². The third-order valence-electron chi connectivity index (χ3n) is 3.08. The molecule has 0 aliphatic heterocycles. The van der Waals surface area contributed by atoms with E-state index in [0.717, 1.165) is 18.6 Å². The lowest BCUT2D eigenvalue weighted by Crippen LogP contribution is -2.19. The molecule has 0 aromatic heterocycles. The number of rotatable bonds is 7. The average Bonchev–Trinajstić information content (AvgIpc) is 2.34. The van der Waals surface area contributed by atoms with Gasteiger partial charge in [0.25, 0.3) is 0 Å². The molecule has 6 heteroatoms. The third kappa shape index (κ3) is 6.51. The lowest BCUT2D eigenvalue weighted by molar-refractivity contribution is -0.138. The second-order valence-electron chi connectivity index (χ2n) is 5.55. The number of halogens is 3. The van der Waals surface area contributed by atoms with Gasteiger partial charge in [-0.25, -0.2) is 0 Å². The maximum atomic E-state index is 12.4. The van der Waals surface area contributed by atoms with Crippen molar-refractivity contribution in [1.82, 2.24) is 0 Å². The van der Waals surface area contributed by atoms with E-state index in [2.05, 4.69) is 5.32 Å². The summed E-state index contributed by atoms with van der Waals surface area (Å²) in [6, 6.07) is 4.74. The lowest BCUT2D eigenvalue weighted by atomic mass is 9.94. The summed E-state index contributed by atoms with van der Waals surface area (Å²) >= 11 is 0. The fourth-order valence-electron chi connectivity index (χ4n) is 2.19. The Kier molecular flexibility index (Phi) is 6.05.